The average Bonchev–Trinajstić information content (AvgIpc) is 3.75. The van der Waals surface area contributed by atoms with Gasteiger partial charge in [-0.2, -0.15) is 9.97 Å². The molecule has 29 heteroatoms. The molecular weight excluding hydrogens is 729 g/mol. The Morgan fingerprint density at radius 1 is 0.918 bits per heavy atom. The second-order valence-corrected chi connectivity index (χ2v) is 14.8. The maximum atomic E-state index is 13.0. The number of hydrogen-bond donors (Lipinski definition) is 7. The zero-order valence-corrected chi connectivity index (χ0v) is 26.8. The summed E-state index contributed by atoms with van der Waals surface area (Å²) in [5, 5.41) is 12.8. The highest BCUT2D eigenvalue weighted by molar-refractivity contribution is 7.53. The number of hydrogen-bond acceptors (Lipinski definition) is 19. The zero-order valence-electron chi connectivity index (χ0n) is 24.1. The predicted octanol–water partition coefficient (Wildman–Crippen LogP) is -3.36. The van der Waals surface area contributed by atoms with Gasteiger partial charge in [-0.25, -0.2) is 14.5 Å². The minimum Gasteiger partial charge on any atom is -0.756 e. The molecule has 4 aromatic rings. The number of rotatable bonds is 4. The highest BCUT2D eigenvalue weighted by atomic mass is 31.2. The van der Waals surface area contributed by atoms with Crippen LogP contribution in [-0.2, 0) is 41.3 Å². The number of anilines is 2. The summed E-state index contributed by atoms with van der Waals surface area (Å²) in [5.74, 6) is -0.923. The number of nitrogens with two attached hydrogens (primary N) is 1. The van der Waals surface area contributed by atoms with E-state index in [2.05, 4.69) is 29.9 Å². The lowest BCUT2D eigenvalue weighted by atomic mass is 10.1. The molecule has 0 bridgehead atoms. The SMILES string of the molecule is Nc1nc2c(ncn2[C@@H]2O[C@@H]3COP(=O)([O-])OC4C[C@H](n5cnc6c(=O)[nH]c(NP(=O)(O)O)nc65)O[C@@H]4COP(=O)([O-])OC3[C@@H]2O)c(=O)[nH]1. The van der Waals surface area contributed by atoms with Gasteiger partial charge in [0.2, 0.25) is 11.9 Å². The molecule has 26 nitrogen and oxygen atoms in total. The molecule has 0 aromatic carbocycles. The number of aromatic nitrogens is 8. The van der Waals surface area contributed by atoms with Crippen molar-refractivity contribution in [2.24, 2.45) is 0 Å². The van der Waals surface area contributed by atoms with Gasteiger partial charge in [0, 0.05) is 6.42 Å². The van der Waals surface area contributed by atoms with E-state index in [1.807, 2.05) is 0 Å². The molecule has 3 fully saturated rings. The number of aliphatic hydroxyl groups is 1. The second-order valence-electron chi connectivity index (χ2n) is 10.8. The lowest BCUT2D eigenvalue weighted by Gasteiger charge is -2.34. The lowest BCUT2D eigenvalue weighted by molar-refractivity contribution is -0.243. The first-order valence-corrected chi connectivity index (χ1v) is 18.3. The number of phosphoric acid groups is 2. The fourth-order valence-corrected chi connectivity index (χ4v) is 7.78. The van der Waals surface area contributed by atoms with Crippen LogP contribution in [0, 0.1) is 0 Å². The van der Waals surface area contributed by atoms with Crippen LogP contribution in [0.5, 0.6) is 0 Å². The third-order valence-corrected chi connectivity index (χ3v) is 9.98. The molecule has 4 aromatic heterocycles. The fraction of sp³-hybridized carbons (Fsp3) is 0.500. The Balaban J connectivity index is 1.15. The van der Waals surface area contributed by atoms with Gasteiger partial charge in [0.1, 0.15) is 30.6 Å². The average molecular weight is 752 g/mol. The quantitative estimate of drug-likeness (QED) is 0.100. The van der Waals surface area contributed by atoms with Crippen molar-refractivity contribution in [2.75, 3.05) is 24.0 Å². The summed E-state index contributed by atoms with van der Waals surface area (Å²) in [5.41, 5.74) is 3.13. The largest absolute Gasteiger partial charge is 0.756 e. The van der Waals surface area contributed by atoms with Crippen molar-refractivity contribution < 1.29 is 65.9 Å². The Bertz CT molecular complexity index is 2200. The topological polar surface area (TPSA) is 379 Å². The van der Waals surface area contributed by atoms with Crippen LogP contribution in [0.4, 0.5) is 11.9 Å². The van der Waals surface area contributed by atoms with Crippen molar-refractivity contribution in [3.05, 3.63) is 33.4 Å². The summed E-state index contributed by atoms with van der Waals surface area (Å²) < 4.78 is 71.4. The third kappa shape index (κ3) is 6.72. The Morgan fingerprint density at radius 2 is 1.53 bits per heavy atom. The molecule has 266 valence electrons. The van der Waals surface area contributed by atoms with E-state index in [0.29, 0.717) is 0 Å². The van der Waals surface area contributed by atoms with E-state index in [4.69, 9.17) is 33.3 Å². The Kier molecular flexibility index (Phi) is 8.40. The third-order valence-electron chi connectivity index (χ3n) is 7.52. The molecule has 4 unspecified atom stereocenters. The summed E-state index contributed by atoms with van der Waals surface area (Å²) in [4.78, 5) is 89.1. The van der Waals surface area contributed by atoms with Crippen molar-refractivity contribution in [1.29, 1.82) is 0 Å². The van der Waals surface area contributed by atoms with Crippen molar-refractivity contribution in [3.63, 3.8) is 0 Å². The van der Waals surface area contributed by atoms with Gasteiger partial charge in [0.15, 0.2) is 28.6 Å². The van der Waals surface area contributed by atoms with E-state index in [1.165, 1.54) is 0 Å². The molecule has 3 saturated heterocycles. The number of aromatic amines is 2. The van der Waals surface area contributed by atoms with E-state index in [0.717, 1.165) is 21.8 Å². The van der Waals surface area contributed by atoms with Gasteiger partial charge >= 0.3 is 7.75 Å². The Labute approximate surface area is 269 Å². The molecule has 7 heterocycles. The summed E-state index contributed by atoms with van der Waals surface area (Å²) in [7, 11) is -15.5. The van der Waals surface area contributed by atoms with Crippen LogP contribution in [0.25, 0.3) is 22.3 Å². The van der Waals surface area contributed by atoms with Crippen LogP contribution in [0.2, 0.25) is 0 Å². The molecule has 0 radical (unpaired) electrons. The molecule has 49 heavy (non-hydrogen) atoms. The zero-order chi connectivity index (χ0) is 35.0. The predicted molar refractivity (Wildman–Crippen MR) is 152 cm³/mol. The van der Waals surface area contributed by atoms with Gasteiger partial charge in [-0.15, -0.1) is 0 Å². The van der Waals surface area contributed by atoms with Gasteiger partial charge < -0.3 is 58.0 Å². The van der Waals surface area contributed by atoms with Crippen LogP contribution in [0.15, 0.2) is 22.2 Å². The van der Waals surface area contributed by atoms with Gasteiger partial charge in [-0.1, -0.05) is 0 Å². The van der Waals surface area contributed by atoms with E-state index in [-0.39, 0.29) is 34.7 Å². The molecule has 9 atom stereocenters. The number of ether oxygens (including phenoxy) is 2. The number of H-pyrrole nitrogens is 2. The highest BCUT2D eigenvalue weighted by Gasteiger charge is 2.49. The summed E-state index contributed by atoms with van der Waals surface area (Å²) in [6, 6.07) is 0. The molecule has 0 spiro atoms. The maximum Gasteiger partial charge on any atom is 0.429 e. The maximum absolute atomic E-state index is 13.0. The number of nitrogens with one attached hydrogen (secondary N) is 3. The molecule has 8 N–H and O–H groups in total. The standard InChI is InChI=1S/C20H25N10O16P3/c21-19-24-14-10(16(32)26-19)23-5-30(14)18-12(31)13-8(44-18)3-42-48(37,38)45-6-1-9(43-7(6)2-41-49(39,40)46-13)29-4-22-11-15(29)25-20(27-17(11)33)28-47(34,35)36/h4-9,12-13,18,31H,1-3H2,(H,37,38)(H,39,40)(H3,21,24,26,32)(H4,25,27,28,33,34,35,36)/p-2/t6?,7-,8-,9-,12+,13?,18-/m1/s1. The van der Waals surface area contributed by atoms with Gasteiger partial charge in [0.05, 0.1) is 32.0 Å². The van der Waals surface area contributed by atoms with Crippen LogP contribution in [0.3, 0.4) is 0 Å². The first kappa shape index (κ1) is 34.0. The van der Waals surface area contributed by atoms with Crippen molar-refractivity contribution in [3.8, 4) is 0 Å². The lowest BCUT2D eigenvalue weighted by Crippen LogP contribution is -2.39. The Hall–Kier alpha value is -3.45. The van der Waals surface area contributed by atoms with Crippen LogP contribution in [0.1, 0.15) is 18.9 Å². The number of fused-ring (bicyclic) bond motifs is 4. The molecule has 0 saturated carbocycles. The number of aliphatic hydroxyl groups excluding tert-OH is 1. The van der Waals surface area contributed by atoms with E-state index >= 15 is 0 Å². The molecule has 3 aliphatic heterocycles. The van der Waals surface area contributed by atoms with Crippen molar-refractivity contribution >= 4 is 57.6 Å². The fourth-order valence-electron chi connectivity index (χ4n) is 5.51. The van der Waals surface area contributed by atoms with Gasteiger partial charge in [-0.3, -0.25) is 42.9 Å². The van der Waals surface area contributed by atoms with E-state index < -0.39 is 96.6 Å². The summed E-state index contributed by atoms with van der Waals surface area (Å²) in [6.45, 7) is -1.82. The van der Waals surface area contributed by atoms with Crippen LogP contribution in [-0.4, -0.2) is 97.7 Å². The number of nitrogens with zero attached hydrogens (tertiary/aromatic N) is 6. The second kappa shape index (κ2) is 12.1. The van der Waals surface area contributed by atoms with Crippen LogP contribution < -0.4 is 31.7 Å². The van der Waals surface area contributed by atoms with Gasteiger partial charge in [-0.05, 0) is 0 Å². The number of phosphoric ester groups is 2. The minimum atomic E-state index is -5.35. The minimum absolute atomic E-state index is 0.151. The normalized spacial score (nSPS) is 34.3. The Morgan fingerprint density at radius 3 is 2.22 bits per heavy atom. The van der Waals surface area contributed by atoms with Crippen molar-refractivity contribution in [2.45, 2.75) is 49.4 Å². The summed E-state index contributed by atoms with van der Waals surface area (Å²) in [6.07, 6.45) is -9.16. The molecule has 3 aliphatic rings. The number of nitrogen functional groups attached to an aromatic ring is 1. The van der Waals surface area contributed by atoms with E-state index in [1.54, 1.807) is 5.09 Å². The summed E-state index contributed by atoms with van der Waals surface area (Å²) >= 11 is 0. The molecular formula is C20H23N10O16P3-2. The van der Waals surface area contributed by atoms with E-state index in [9.17, 15) is 48.0 Å². The monoisotopic (exact) mass is 752 g/mol. The number of imidazole rings is 2. The first-order valence-electron chi connectivity index (χ1n) is 13.8. The smallest absolute Gasteiger partial charge is 0.429 e. The van der Waals surface area contributed by atoms with Crippen LogP contribution >= 0.6 is 23.4 Å². The van der Waals surface area contributed by atoms with Gasteiger partial charge in [0.25, 0.3) is 26.8 Å². The van der Waals surface area contributed by atoms with Crippen molar-refractivity contribution in [1.82, 2.24) is 39.0 Å². The molecule has 0 aliphatic carbocycles. The molecule has 7 rings (SSSR count). The first-order chi connectivity index (χ1) is 23.0. The highest BCUT2D eigenvalue weighted by Crippen LogP contribution is 2.50. The molecule has 0 amide bonds.